The Hall–Kier alpha value is -2.02. The molecule has 4 heteroatoms. The van der Waals surface area contributed by atoms with Gasteiger partial charge in [0.05, 0.1) is 5.56 Å². The van der Waals surface area contributed by atoms with Crippen LogP contribution in [0.4, 0.5) is 0 Å². The van der Waals surface area contributed by atoms with Crippen LogP contribution in [0.25, 0.3) is 0 Å². The van der Waals surface area contributed by atoms with Gasteiger partial charge in [0.1, 0.15) is 11.8 Å². The average molecular weight is 246 g/mol. The molecule has 0 spiro atoms. The molecule has 0 aromatic heterocycles. The SMILES string of the molecule is CCC(CC)NC(=O)COc1ccccc1C#N. The Labute approximate surface area is 108 Å². The maximum Gasteiger partial charge on any atom is 0.258 e. The number of nitriles is 1. The molecule has 0 saturated heterocycles. The smallest absolute Gasteiger partial charge is 0.258 e. The van der Waals surface area contributed by atoms with Crippen LogP contribution in [-0.4, -0.2) is 18.6 Å². The van der Waals surface area contributed by atoms with Gasteiger partial charge in [0.15, 0.2) is 6.61 Å². The predicted molar refractivity (Wildman–Crippen MR) is 69.2 cm³/mol. The fourth-order valence-corrected chi connectivity index (χ4v) is 1.59. The third-order valence-corrected chi connectivity index (χ3v) is 2.72. The van der Waals surface area contributed by atoms with Gasteiger partial charge in [0.25, 0.3) is 5.91 Å². The number of hydrogen-bond acceptors (Lipinski definition) is 3. The molecule has 0 atom stereocenters. The summed E-state index contributed by atoms with van der Waals surface area (Å²) < 4.78 is 5.35. The van der Waals surface area contributed by atoms with Gasteiger partial charge >= 0.3 is 0 Å². The molecule has 0 aliphatic rings. The van der Waals surface area contributed by atoms with Crippen molar-refractivity contribution in [3.05, 3.63) is 29.8 Å². The lowest BCUT2D eigenvalue weighted by atomic mass is 10.2. The molecule has 0 aliphatic carbocycles. The quantitative estimate of drug-likeness (QED) is 0.837. The minimum atomic E-state index is -0.156. The van der Waals surface area contributed by atoms with Gasteiger partial charge in [-0.25, -0.2) is 0 Å². The number of nitrogens with zero attached hydrogens (tertiary/aromatic N) is 1. The Morgan fingerprint density at radius 3 is 2.67 bits per heavy atom. The van der Waals surface area contributed by atoms with Crippen LogP contribution in [0.3, 0.4) is 0 Å². The maximum absolute atomic E-state index is 11.6. The number of rotatable bonds is 6. The molecule has 1 rings (SSSR count). The van der Waals surface area contributed by atoms with E-state index in [9.17, 15) is 4.79 Å². The topological polar surface area (TPSA) is 62.1 Å². The zero-order valence-corrected chi connectivity index (χ0v) is 10.8. The number of hydrogen-bond donors (Lipinski definition) is 1. The van der Waals surface area contributed by atoms with Gasteiger partial charge in [-0.3, -0.25) is 4.79 Å². The molecule has 18 heavy (non-hydrogen) atoms. The monoisotopic (exact) mass is 246 g/mol. The number of nitrogens with one attached hydrogen (secondary N) is 1. The third-order valence-electron chi connectivity index (χ3n) is 2.72. The molecule has 0 unspecified atom stereocenters. The summed E-state index contributed by atoms with van der Waals surface area (Å²) >= 11 is 0. The Balaban J connectivity index is 2.50. The lowest BCUT2D eigenvalue weighted by Gasteiger charge is -2.15. The molecule has 0 aliphatic heterocycles. The first kappa shape index (κ1) is 14.0. The van der Waals surface area contributed by atoms with Crippen molar-refractivity contribution in [2.45, 2.75) is 32.7 Å². The van der Waals surface area contributed by atoms with E-state index in [0.717, 1.165) is 12.8 Å². The highest BCUT2D eigenvalue weighted by molar-refractivity contribution is 5.77. The van der Waals surface area contributed by atoms with Crippen molar-refractivity contribution in [2.75, 3.05) is 6.61 Å². The number of ether oxygens (including phenoxy) is 1. The highest BCUT2D eigenvalue weighted by atomic mass is 16.5. The Kier molecular flexibility index (Phi) is 5.72. The second-order valence-electron chi connectivity index (χ2n) is 3.98. The highest BCUT2D eigenvalue weighted by Crippen LogP contribution is 2.16. The van der Waals surface area contributed by atoms with Gasteiger partial charge in [-0.2, -0.15) is 5.26 Å². The third kappa shape index (κ3) is 4.10. The average Bonchev–Trinajstić information content (AvgIpc) is 2.42. The molecular formula is C14H18N2O2. The van der Waals surface area contributed by atoms with Crippen molar-refractivity contribution < 1.29 is 9.53 Å². The highest BCUT2D eigenvalue weighted by Gasteiger charge is 2.09. The van der Waals surface area contributed by atoms with Crippen molar-refractivity contribution in [3.63, 3.8) is 0 Å². The van der Waals surface area contributed by atoms with Crippen molar-refractivity contribution in [3.8, 4) is 11.8 Å². The molecule has 0 heterocycles. The number of benzene rings is 1. The first-order chi connectivity index (χ1) is 8.71. The lowest BCUT2D eigenvalue weighted by molar-refractivity contribution is -0.123. The van der Waals surface area contributed by atoms with Gasteiger partial charge < -0.3 is 10.1 Å². The predicted octanol–water partition coefficient (Wildman–Crippen LogP) is 2.24. The first-order valence-corrected chi connectivity index (χ1v) is 6.12. The van der Waals surface area contributed by atoms with Crippen LogP contribution < -0.4 is 10.1 Å². The van der Waals surface area contributed by atoms with E-state index in [1.807, 2.05) is 19.9 Å². The lowest BCUT2D eigenvalue weighted by Crippen LogP contribution is -2.37. The van der Waals surface area contributed by atoms with Crippen LogP contribution in [-0.2, 0) is 4.79 Å². The molecule has 0 bridgehead atoms. The van der Waals surface area contributed by atoms with E-state index in [-0.39, 0.29) is 18.6 Å². The molecular weight excluding hydrogens is 228 g/mol. The van der Waals surface area contributed by atoms with Gasteiger partial charge in [0, 0.05) is 6.04 Å². The zero-order valence-electron chi connectivity index (χ0n) is 10.8. The summed E-state index contributed by atoms with van der Waals surface area (Å²) in [7, 11) is 0. The molecule has 96 valence electrons. The Bertz CT molecular complexity index is 434. The number of para-hydroxylation sites is 1. The summed E-state index contributed by atoms with van der Waals surface area (Å²) in [4.78, 5) is 11.6. The first-order valence-electron chi connectivity index (χ1n) is 6.12. The van der Waals surface area contributed by atoms with Crippen LogP contribution in [0, 0.1) is 11.3 Å². The van der Waals surface area contributed by atoms with Crippen LogP contribution in [0.15, 0.2) is 24.3 Å². The van der Waals surface area contributed by atoms with Crippen molar-refractivity contribution in [1.82, 2.24) is 5.32 Å². The normalized spacial score (nSPS) is 9.89. The van der Waals surface area contributed by atoms with E-state index < -0.39 is 0 Å². The largest absolute Gasteiger partial charge is 0.482 e. The molecule has 1 N–H and O–H groups in total. The summed E-state index contributed by atoms with van der Waals surface area (Å²) in [6.45, 7) is 4.00. The summed E-state index contributed by atoms with van der Waals surface area (Å²) in [6.07, 6.45) is 1.80. The second kappa shape index (κ2) is 7.33. The van der Waals surface area contributed by atoms with Crippen LogP contribution in [0.1, 0.15) is 32.3 Å². The molecule has 1 aromatic rings. The summed E-state index contributed by atoms with van der Waals surface area (Å²) in [5.74, 6) is 0.288. The number of carbonyl (C=O) groups excluding carboxylic acids is 1. The fourth-order valence-electron chi connectivity index (χ4n) is 1.59. The van der Waals surface area contributed by atoms with Crippen molar-refractivity contribution >= 4 is 5.91 Å². The molecule has 0 saturated carbocycles. The molecule has 0 fully saturated rings. The van der Waals surface area contributed by atoms with Gasteiger partial charge in [-0.15, -0.1) is 0 Å². The van der Waals surface area contributed by atoms with Gasteiger partial charge in [-0.05, 0) is 25.0 Å². The Morgan fingerprint density at radius 2 is 2.06 bits per heavy atom. The standard InChI is InChI=1S/C14H18N2O2/c1-3-12(4-2)16-14(17)10-18-13-8-6-5-7-11(13)9-15/h5-8,12H,3-4,10H2,1-2H3,(H,16,17). The van der Waals surface area contributed by atoms with Crippen LogP contribution >= 0.6 is 0 Å². The van der Waals surface area contributed by atoms with Crippen LogP contribution in [0.2, 0.25) is 0 Å². The van der Waals surface area contributed by atoms with E-state index in [0.29, 0.717) is 11.3 Å². The van der Waals surface area contributed by atoms with E-state index in [1.165, 1.54) is 0 Å². The van der Waals surface area contributed by atoms with Gasteiger partial charge in [-0.1, -0.05) is 26.0 Å². The summed E-state index contributed by atoms with van der Waals surface area (Å²) in [5, 5.41) is 11.8. The van der Waals surface area contributed by atoms with E-state index in [1.54, 1.807) is 24.3 Å². The maximum atomic E-state index is 11.6. The fraction of sp³-hybridized carbons (Fsp3) is 0.429. The molecule has 1 aromatic carbocycles. The number of amides is 1. The summed E-state index contributed by atoms with van der Waals surface area (Å²) in [6, 6.07) is 9.09. The van der Waals surface area contributed by atoms with E-state index >= 15 is 0 Å². The second-order valence-corrected chi connectivity index (χ2v) is 3.98. The van der Waals surface area contributed by atoms with Crippen LogP contribution in [0.5, 0.6) is 5.75 Å². The minimum absolute atomic E-state index is 0.0603. The van der Waals surface area contributed by atoms with Gasteiger partial charge in [0.2, 0.25) is 0 Å². The summed E-state index contributed by atoms with van der Waals surface area (Å²) in [5.41, 5.74) is 0.438. The molecule has 0 radical (unpaired) electrons. The Morgan fingerprint density at radius 1 is 1.39 bits per heavy atom. The number of carbonyl (C=O) groups is 1. The molecule has 1 amide bonds. The molecule has 4 nitrogen and oxygen atoms in total. The minimum Gasteiger partial charge on any atom is -0.482 e. The van der Waals surface area contributed by atoms with Crippen molar-refractivity contribution in [1.29, 1.82) is 5.26 Å². The van der Waals surface area contributed by atoms with Crippen molar-refractivity contribution in [2.24, 2.45) is 0 Å². The van der Waals surface area contributed by atoms with E-state index in [2.05, 4.69) is 5.32 Å². The zero-order chi connectivity index (χ0) is 13.4. The van der Waals surface area contributed by atoms with E-state index in [4.69, 9.17) is 10.00 Å².